The molecule has 6 heteroatoms. The van der Waals surface area contributed by atoms with E-state index in [1.165, 1.54) is 0 Å². The Labute approximate surface area is 79.4 Å². The van der Waals surface area contributed by atoms with Crippen LogP contribution in [0.4, 0.5) is 13.2 Å². The first-order chi connectivity index (χ1) is 6.42. The van der Waals surface area contributed by atoms with E-state index in [4.69, 9.17) is 0 Å². The second-order valence-electron chi connectivity index (χ2n) is 3.16. The minimum absolute atomic E-state index is 0.263. The summed E-state index contributed by atoms with van der Waals surface area (Å²) >= 11 is 0. The first-order valence-electron chi connectivity index (χ1n) is 4.36. The van der Waals surface area contributed by atoms with Crippen molar-refractivity contribution in [2.24, 2.45) is 4.99 Å². The van der Waals surface area contributed by atoms with E-state index in [1.54, 1.807) is 0 Å². The standard InChI is InChI=1S/C8H11F3N2O/c1-2-3-5-7(14)13-6(12-5)4-8(9,10)11/h5H,2-4H2,1H3,(H,12,13,14). The highest BCUT2D eigenvalue weighted by molar-refractivity contribution is 6.05. The molecule has 0 aromatic heterocycles. The normalized spacial score (nSPS) is 22.1. The van der Waals surface area contributed by atoms with Gasteiger partial charge in [0.2, 0.25) is 5.91 Å². The first kappa shape index (κ1) is 11.0. The summed E-state index contributed by atoms with van der Waals surface area (Å²) < 4.78 is 35.7. The van der Waals surface area contributed by atoms with Crippen molar-refractivity contribution in [1.82, 2.24) is 5.32 Å². The molecular formula is C8H11F3N2O. The van der Waals surface area contributed by atoms with Gasteiger partial charge < -0.3 is 5.32 Å². The quantitative estimate of drug-likeness (QED) is 0.752. The lowest BCUT2D eigenvalue weighted by atomic mass is 10.2. The Bertz CT molecular complexity index is 260. The van der Waals surface area contributed by atoms with Gasteiger partial charge in [-0.3, -0.25) is 9.79 Å². The molecule has 1 N–H and O–H groups in total. The number of carbonyl (C=O) groups excluding carboxylic acids is 1. The zero-order chi connectivity index (χ0) is 10.8. The Morgan fingerprint density at radius 2 is 2.14 bits per heavy atom. The molecule has 0 bridgehead atoms. The van der Waals surface area contributed by atoms with E-state index >= 15 is 0 Å². The van der Waals surface area contributed by atoms with Crippen LogP contribution in [0.15, 0.2) is 4.99 Å². The minimum Gasteiger partial charge on any atom is -0.312 e. The molecule has 0 aliphatic carbocycles. The number of amidine groups is 1. The zero-order valence-corrected chi connectivity index (χ0v) is 7.69. The fourth-order valence-electron chi connectivity index (χ4n) is 1.25. The molecule has 0 radical (unpaired) electrons. The molecule has 80 valence electrons. The van der Waals surface area contributed by atoms with Crippen LogP contribution in [0.2, 0.25) is 0 Å². The summed E-state index contributed by atoms with van der Waals surface area (Å²) in [5.74, 6) is -0.688. The van der Waals surface area contributed by atoms with Gasteiger partial charge in [0, 0.05) is 0 Å². The number of alkyl halides is 3. The number of hydrogen-bond acceptors (Lipinski definition) is 2. The molecule has 1 rings (SSSR count). The van der Waals surface area contributed by atoms with Crippen molar-refractivity contribution in [3.05, 3.63) is 0 Å². The lowest BCUT2D eigenvalue weighted by Gasteiger charge is -2.04. The summed E-state index contributed by atoms with van der Waals surface area (Å²) in [6.45, 7) is 1.85. The van der Waals surface area contributed by atoms with Crippen LogP contribution >= 0.6 is 0 Å². The lowest BCUT2D eigenvalue weighted by Crippen LogP contribution is -2.31. The second kappa shape index (κ2) is 3.98. The highest BCUT2D eigenvalue weighted by atomic mass is 19.4. The molecule has 3 nitrogen and oxygen atoms in total. The monoisotopic (exact) mass is 208 g/mol. The van der Waals surface area contributed by atoms with Gasteiger partial charge in [-0.2, -0.15) is 13.2 Å². The van der Waals surface area contributed by atoms with E-state index in [1.807, 2.05) is 6.92 Å². The number of nitrogens with zero attached hydrogens (tertiary/aromatic N) is 1. The maximum atomic E-state index is 11.9. The smallest absolute Gasteiger partial charge is 0.312 e. The number of rotatable bonds is 3. The number of hydrogen-bond donors (Lipinski definition) is 1. The van der Waals surface area contributed by atoms with Crippen molar-refractivity contribution in [1.29, 1.82) is 0 Å². The van der Waals surface area contributed by atoms with Crippen molar-refractivity contribution in [2.45, 2.75) is 38.4 Å². The molecule has 0 fully saturated rings. The van der Waals surface area contributed by atoms with Gasteiger partial charge in [0.1, 0.15) is 18.3 Å². The van der Waals surface area contributed by atoms with E-state index in [-0.39, 0.29) is 5.84 Å². The summed E-state index contributed by atoms with van der Waals surface area (Å²) in [4.78, 5) is 14.7. The number of amides is 1. The van der Waals surface area contributed by atoms with E-state index in [9.17, 15) is 18.0 Å². The van der Waals surface area contributed by atoms with Crippen molar-refractivity contribution >= 4 is 11.7 Å². The van der Waals surface area contributed by atoms with Crippen LogP contribution in [-0.2, 0) is 4.79 Å². The molecule has 1 unspecified atom stereocenters. The fourth-order valence-corrected chi connectivity index (χ4v) is 1.25. The Hall–Kier alpha value is -1.07. The molecular weight excluding hydrogens is 197 g/mol. The van der Waals surface area contributed by atoms with Crippen molar-refractivity contribution < 1.29 is 18.0 Å². The maximum absolute atomic E-state index is 11.9. The zero-order valence-electron chi connectivity index (χ0n) is 7.69. The largest absolute Gasteiger partial charge is 0.396 e. The summed E-state index contributed by atoms with van der Waals surface area (Å²) in [7, 11) is 0. The van der Waals surface area contributed by atoms with Crippen LogP contribution in [-0.4, -0.2) is 24.0 Å². The summed E-state index contributed by atoms with van der Waals surface area (Å²) in [5.41, 5.74) is 0. The molecule has 1 aliphatic rings. The number of nitrogens with one attached hydrogen (secondary N) is 1. The third kappa shape index (κ3) is 3.01. The van der Waals surface area contributed by atoms with E-state index < -0.39 is 24.5 Å². The minimum atomic E-state index is -4.31. The van der Waals surface area contributed by atoms with E-state index in [0.717, 1.165) is 6.42 Å². The lowest BCUT2D eigenvalue weighted by molar-refractivity contribution is -0.122. The molecule has 0 saturated heterocycles. The molecule has 14 heavy (non-hydrogen) atoms. The van der Waals surface area contributed by atoms with E-state index in [0.29, 0.717) is 6.42 Å². The van der Waals surface area contributed by atoms with E-state index in [2.05, 4.69) is 10.3 Å². The van der Waals surface area contributed by atoms with Gasteiger partial charge in [-0.1, -0.05) is 13.3 Å². The first-order valence-corrected chi connectivity index (χ1v) is 4.36. The van der Waals surface area contributed by atoms with Crippen molar-refractivity contribution in [3.63, 3.8) is 0 Å². The molecule has 0 aromatic rings. The number of carbonyl (C=O) groups is 1. The van der Waals surface area contributed by atoms with Gasteiger partial charge in [0.15, 0.2) is 0 Å². The third-order valence-corrected chi connectivity index (χ3v) is 1.81. The Balaban J connectivity index is 2.57. The van der Waals surface area contributed by atoms with Gasteiger partial charge in [-0.05, 0) is 6.42 Å². The predicted octanol–water partition coefficient (Wildman–Crippen LogP) is 1.64. The average molecular weight is 208 g/mol. The van der Waals surface area contributed by atoms with Gasteiger partial charge in [0.25, 0.3) is 0 Å². The summed E-state index contributed by atoms with van der Waals surface area (Å²) in [6, 6.07) is -0.627. The van der Waals surface area contributed by atoms with Gasteiger partial charge in [0.05, 0.1) is 0 Å². The molecule has 0 spiro atoms. The third-order valence-electron chi connectivity index (χ3n) is 1.81. The number of halogens is 3. The molecule has 1 aliphatic heterocycles. The molecule has 1 amide bonds. The Morgan fingerprint density at radius 3 is 2.64 bits per heavy atom. The van der Waals surface area contributed by atoms with Gasteiger partial charge in [-0.15, -0.1) is 0 Å². The van der Waals surface area contributed by atoms with Gasteiger partial charge >= 0.3 is 6.18 Å². The maximum Gasteiger partial charge on any atom is 0.396 e. The van der Waals surface area contributed by atoms with Crippen molar-refractivity contribution in [2.75, 3.05) is 0 Å². The topological polar surface area (TPSA) is 41.5 Å². The van der Waals surface area contributed by atoms with Crippen molar-refractivity contribution in [3.8, 4) is 0 Å². The Kier molecular flexibility index (Phi) is 3.13. The fraction of sp³-hybridized carbons (Fsp3) is 0.750. The molecule has 0 aromatic carbocycles. The van der Waals surface area contributed by atoms with Crippen LogP contribution in [0.25, 0.3) is 0 Å². The SMILES string of the molecule is CCCC1N=C(CC(F)(F)F)NC1=O. The summed E-state index contributed by atoms with van der Waals surface area (Å²) in [5, 5.41) is 2.14. The van der Waals surface area contributed by atoms with Crippen LogP contribution < -0.4 is 5.32 Å². The molecule has 1 atom stereocenters. The Morgan fingerprint density at radius 1 is 1.50 bits per heavy atom. The predicted molar refractivity (Wildman–Crippen MR) is 44.9 cm³/mol. The molecule has 1 heterocycles. The highest BCUT2D eigenvalue weighted by Gasteiger charge is 2.34. The average Bonchev–Trinajstić information content (AvgIpc) is 2.28. The summed E-state index contributed by atoms with van der Waals surface area (Å²) in [6.07, 6.45) is -4.25. The van der Waals surface area contributed by atoms with Crippen LogP contribution in [0, 0.1) is 0 Å². The highest BCUT2D eigenvalue weighted by Crippen LogP contribution is 2.21. The van der Waals surface area contributed by atoms with Crippen LogP contribution in [0.5, 0.6) is 0 Å². The second-order valence-corrected chi connectivity index (χ2v) is 3.16. The van der Waals surface area contributed by atoms with Crippen LogP contribution in [0.1, 0.15) is 26.2 Å². The number of aliphatic imine (C=N–C) groups is 1. The van der Waals surface area contributed by atoms with Gasteiger partial charge in [-0.25, -0.2) is 0 Å². The molecule has 0 saturated carbocycles. The van der Waals surface area contributed by atoms with Crippen LogP contribution in [0.3, 0.4) is 0 Å².